The molecular weight excluding hydrogens is 398 g/mol. The number of likely N-dealkylation sites (tertiary alicyclic amines) is 1. The lowest BCUT2D eigenvalue weighted by Crippen LogP contribution is -3.12. The maximum atomic E-state index is 13.4. The summed E-state index contributed by atoms with van der Waals surface area (Å²) in [6.07, 6.45) is 4.02. The van der Waals surface area contributed by atoms with Gasteiger partial charge in [-0.05, 0) is 47.5 Å². The number of quaternary nitrogens is 1. The zero-order chi connectivity index (χ0) is 22.3. The van der Waals surface area contributed by atoms with Gasteiger partial charge in [-0.3, -0.25) is 4.79 Å². The van der Waals surface area contributed by atoms with E-state index in [1.54, 1.807) is 14.2 Å². The van der Waals surface area contributed by atoms with E-state index in [0.29, 0.717) is 13.1 Å². The van der Waals surface area contributed by atoms with Crippen LogP contribution >= 0.6 is 0 Å². The molecular formula is C28H28NO3+. The molecule has 1 heterocycles. The first-order valence-electron chi connectivity index (χ1n) is 10.8. The Kier molecular flexibility index (Phi) is 6.83. The summed E-state index contributed by atoms with van der Waals surface area (Å²) in [7, 11) is 3.30. The molecule has 0 saturated carbocycles. The van der Waals surface area contributed by atoms with Gasteiger partial charge in [0.1, 0.15) is 31.1 Å². The maximum absolute atomic E-state index is 13.4. The Morgan fingerprint density at radius 3 is 1.62 bits per heavy atom. The lowest BCUT2D eigenvalue weighted by Gasteiger charge is -2.27. The van der Waals surface area contributed by atoms with Gasteiger partial charge in [0.25, 0.3) is 0 Å². The van der Waals surface area contributed by atoms with Crippen molar-refractivity contribution in [2.75, 3.05) is 27.3 Å². The molecule has 1 saturated heterocycles. The number of methoxy groups -OCH3 is 2. The minimum atomic E-state index is 0.119. The van der Waals surface area contributed by atoms with Crippen LogP contribution in [0.5, 0.6) is 11.5 Å². The normalized spacial score (nSPS) is 18.7. The molecule has 4 rings (SSSR count). The minimum Gasteiger partial charge on any atom is -0.497 e. The number of carbonyl (C=O) groups is 1. The van der Waals surface area contributed by atoms with Gasteiger partial charge in [-0.15, -0.1) is 0 Å². The largest absolute Gasteiger partial charge is 0.497 e. The maximum Gasteiger partial charge on any atom is 0.196 e. The predicted octanol–water partition coefficient (Wildman–Crippen LogP) is 3.84. The van der Waals surface area contributed by atoms with Crippen molar-refractivity contribution in [3.05, 3.63) is 107 Å². The van der Waals surface area contributed by atoms with Crippen LogP contribution in [0.4, 0.5) is 0 Å². The zero-order valence-electron chi connectivity index (χ0n) is 18.5. The van der Waals surface area contributed by atoms with Gasteiger partial charge in [0.15, 0.2) is 5.78 Å². The molecule has 1 fully saturated rings. The van der Waals surface area contributed by atoms with Crippen LogP contribution in [0, 0.1) is 0 Å². The number of Topliss-reactive ketones (excluding diaryl/α,β-unsaturated/α-hetero) is 1. The van der Waals surface area contributed by atoms with Crippen molar-refractivity contribution in [1.29, 1.82) is 0 Å². The SMILES string of the molecule is COc1ccc(/C=C2/C[NH+](Cc3ccccc3)C/C(=C/c3ccc(OC)cc3)C2=O)cc1. The summed E-state index contributed by atoms with van der Waals surface area (Å²) in [4.78, 5) is 14.7. The van der Waals surface area contributed by atoms with Crippen LogP contribution in [0.25, 0.3) is 12.2 Å². The van der Waals surface area contributed by atoms with E-state index in [2.05, 4.69) is 24.3 Å². The van der Waals surface area contributed by atoms with Crippen LogP contribution in [-0.4, -0.2) is 33.1 Å². The lowest BCUT2D eigenvalue weighted by molar-refractivity contribution is -0.904. The van der Waals surface area contributed by atoms with Crippen molar-refractivity contribution in [2.45, 2.75) is 6.54 Å². The molecule has 1 aliphatic heterocycles. The van der Waals surface area contributed by atoms with Crippen LogP contribution in [-0.2, 0) is 11.3 Å². The number of hydrogen-bond acceptors (Lipinski definition) is 3. The van der Waals surface area contributed by atoms with Gasteiger partial charge in [0.2, 0.25) is 0 Å². The number of benzene rings is 3. The highest BCUT2D eigenvalue weighted by Gasteiger charge is 2.29. The van der Waals surface area contributed by atoms with E-state index in [1.807, 2.05) is 66.7 Å². The Bertz CT molecular complexity index is 1040. The third kappa shape index (κ3) is 5.34. The molecule has 4 nitrogen and oxygen atoms in total. The molecule has 3 aromatic carbocycles. The Morgan fingerprint density at radius 2 is 1.19 bits per heavy atom. The summed E-state index contributed by atoms with van der Waals surface area (Å²) < 4.78 is 10.5. The van der Waals surface area contributed by atoms with Gasteiger partial charge in [-0.1, -0.05) is 54.6 Å². The highest BCUT2D eigenvalue weighted by Crippen LogP contribution is 2.19. The quantitative estimate of drug-likeness (QED) is 0.609. The summed E-state index contributed by atoms with van der Waals surface area (Å²) in [6.45, 7) is 2.26. The second kappa shape index (κ2) is 10.1. The molecule has 0 radical (unpaired) electrons. The van der Waals surface area contributed by atoms with Crippen molar-refractivity contribution >= 4 is 17.9 Å². The average molecular weight is 427 g/mol. The summed E-state index contributed by atoms with van der Waals surface area (Å²) in [5, 5.41) is 0. The number of ether oxygens (including phenoxy) is 2. The van der Waals surface area contributed by atoms with Gasteiger partial charge < -0.3 is 14.4 Å². The molecule has 32 heavy (non-hydrogen) atoms. The van der Waals surface area contributed by atoms with Crippen molar-refractivity contribution in [1.82, 2.24) is 0 Å². The zero-order valence-corrected chi connectivity index (χ0v) is 18.5. The van der Waals surface area contributed by atoms with Crippen LogP contribution < -0.4 is 14.4 Å². The van der Waals surface area contributed by atoms with Crippen molar-refractivity contribution in [2.24, 2.45) is 0 Å². The molecule has 0 atom stereocenters. The number of carbonyl (C=O) groups excluding carboxylic acids is 1. The van der Waals surface area contributed by atoms with E-state index in [1.165, 1.54) is 10.5 Å². The number of rotatable bonds is 6. The molecule has 0 unspecified atom stereocenters. The number of hydrogen-bond donors (Lipinski definition) is 1. The number of nitrogens with one attached hydrogen (secondary N) is 1. The summed E-state index contributed by atoms with van der Waals surface area (Å²) >= 11 is 0. The second-order valence-corrected chi connectivity index (χ2v) is 7.98. The van der Waals surface area contributed by atoms with Crippen LogP contribution in [0.15, 0.2) is 90.0 Å². The molecule has 3 aromatic rings. The number of ketones is 1. The van der Waals surface area contributed by atoms with Gasteiger partial charge in [-0.25, -0.2) is 0 Å². The van der Waals surface area contributed by atoms with E-state index in [0.717, 1.165) is 40.3 Å². The van der Waals surface area contributed by atoms with E-state index in [9.17, 15) is 4.79 Å². The fraction of sp³-hybridized carbons (Fsp3) is 0.179. The summed E-state index contributed by atoms with van der Waals surface area (Å²) in [5.41, 5.74) is 4.92. The fourth-order valence-electron chi connectivity index (χ4n) is 4.01. The third-order valence-corrected chi connectivity index (χ3v) is 5.67. The monoisotopic (exact) mass is 426 g/mol. The Balaban J connectivity index is 1.65. The van der Waals surface area contributed by atoms with Crippen molar-refractivity contribution in [3.63, 3.8) is 0 Å². The molecule has 4 heteroatoms. The standard InChI is InChI=1S/C28H27NO3/c1-31-26-12-8-21(9-13-26)16-24-19-29(18-23-6-4-3-5-7-23)20-25(28(24)30)17-22-10-14-27(32-2)15-11-22/h3-17H,18-20H2,1-2H3/p+1/b24-16-,25-17-. The van der Waals surface area contributed by atoms with E-state index in [4.69, 9.17) is 9.47 Å². The van der Waals surface area contributed by atoms with Gasteiger partial charge in [0.05, 0.1) is 25.4 Å². The summed E-state index contributed by atoms with van der Waals surface area (Å²) in [6, 6.07) is 26.0. The highest BCUT2D eigenvalue weighted by atomic mass is 16.5. The fourth-order valence-corrected chi connectivity index (χ4v) is 4.01. The van der Waals surface area contributed by atoms with Crippen LogP contribution in [0.2, 0.25) is 0 Å². The average Bonchev–Trinajstić information content (AvgIpc) is 2.83. The highest BCUT2D eigenvalue weighted by molar-refractivity contribution is 6.14. The molecule has 0 amide bonds. The predicted molar refractivity (Wildman–Crippen MR) is 128 cm³/mol. The van der Waals surface area contributed by atoms with Crippen LogP contribution in [0.3, 0.4) is 0 Å². The Labute approximate surface area is 189 Å². The topological polar surface area (TPSA) is 40.0 Å². The molecule has 0 spiro atoms. The number of piperidine rings is 1. The van der Waals surface area contributed by atoms with E-state index in [-0.39, 0.29) is 5.78 Å². The molecule has 0 aliphatic carbocycles. The molecule has 0 aromatic heterocycles. The Morgan fingerprint density at radius 1 is 0.719 bits per heavy atom. The molecule has 162 valence electrons. The van der Waals surface area contributed by atoms with Gasteiger partial charge in [-0.2, -0.15) is 0 Å². The third-order valence-electron chi connectivity index (χ3n) is 5.67. The van der Waals surface area contributed by atoms with Gasteiger partial charge in [0, 0.05) is 5.56 Å². The van der Waals surface area contributed by atoms with E-state index < -0.39 is 0 Å². The van der Waals surface area contributed by atoms with Crippen molar-refractivity contribution < 1.29 is 19.2 Å². The molecule has 1 N–H and O–H groups in total. The first-order valence-corrected chi connectivity index (χ1v) is 10.8. The minimum absolute atomic E-state index is 0.119. The second-order valence-electron chi connectivity index (χ2n) is 7.98. The Hall–Kier alpha value is -3.63. The first kappa shape index (κ1) is 21.6. The van der Waals surface area contributed by atoms with Crippen molar-refractivity contribution in [3.8, 4) is 11.5 Å². The van der Waals surface area contributed by atoms with E-state index >= 15 is 0 Å². The lowest BCUT2D eigenvalue weighted by atomic mass is 9.94. The first-order chi connectivity index (χ1) is 15.6. The smallest absolute Gasteiger partial charge is 0.196 e. The van der Waals surface area contributed by atoms with Crippen LogP contribution in [0.1, 0.15) is 16.7 Å². The summed E-state index contributed by atoms with van der Waals surface area (Å²) in [5.74, 6) is 1.73. The molecule has 0 bridgehead atoms. The van der Waals surface area contributed by atoms with Gasteiger partial charge >= 0.3 is 0 Å². The molecule has 1 aliphatic rings.